The summed E-state index contributed by atoms with van der Waals surface area (Å²) in [5.74, 6) is 0.639. The predicted octanol–water partition coefficient (Wildman–Crippen LogP) is 3.60. The van der Waals surface area contributed by atoms with Crippen molar-refractivity contribution in [3.05, 3.63) is 30.3 Å². The van der Waals surface area contributed by atoms with E-state index in [0.29, 0.717) is 16.6 Å². The van der Waals surface area contributed by atoms with Crippen molar-refractivity contribution in [2.45, 2.75) is 41.4 Å². The van der Waals surface area contributed by atoms with Crippen LogP contribution in [-0.4, -0.2) is 22.5 Å². The Bertz CT molecular complexity index is 385. The molecule has 4 heteroatoms. The van der Waals surface area contributed by atoms with Crippen molar-refractivity contribution in [2.75, 3.05) is 5.75 Å². The van der Waals surface area contributed by atoms with Crippen molar-refractivity contribution in [3.63, 3.8) is 0 Å². The number of carbonyl (C=O) groups excluding carboxylic acids is 1. The molecule has 0 aliphatic heterocycles. The van der Waals surface area contributed by atoms with E-state index < -0.39 is 0 Å². The van der Waals surface area contributed by atoms with Crippen LogP contribution >= 0.6 is 27.7 Å². The van der Waals surface area contributed by atoms with Crippen molar-refractivity contribution in [2.24, 2.45) is 0 Å². The van der Waals surface area contributed by atoms with Gasteiger partial charge in [0.05, 0.1) is 5.75 Å². The van der Waals surface area contributed by atoms with Gasteiger partial charge < -0.3 is 5.32 Å². The molecule has 18 heavy (non-hydrogen) atoms. The number of halogens is 1. The minimum Gasteiger partial charge on any atom is -0.352 e. The monoisotopic (exact) mass is 327 g/mol. The molecule has 98 valence electrons. The molecule has 0 radical (unpaired) electrons. The predicted molar refractivity (Wildman–Crippen MR) is 80.3 cm³/mol. The molecule has 1 saturated carbocycles. The molecule has 0 saturated heterocycles. The van der Waals surface area contributed by atoms with E-state index in [1.807, 2.05) is 30.3 Å². The van der Waals surface area contributed by atoms with Crippen molar-refractivity contribution >= 4 is 33.6 Å². The maximum absolute atomic E-state index is 11.9. The molecule has 1 fully saturated rings. The van der Waals surface area contributed by atoms with Gasteiger partial charge in [0.15, 0.2) is 0 Å². The van der Waals surface area contributed by atoms with Gasteiger partial charge in [-0.05, 0) is 25.0 Å². The highest BCUT2D eigenvalue weighted by Gasteiger charge is 2.23. The lowest BCUT2D eigenvalue weighted by Crippen LogP contribution is -2.43. The Kier molecular flexibility index (Phi) is 5.57. The standard InChI is InChI=1S/C14H18BrNOS/c15-12-8-4-5-9-13(12)16-14(17)10-18-11-6-2-1-3-7-11/h1-3,6-7,12-13H,4-5,8-10H2,(H,16,17). The zero-order chi connectivity index (χ0) is 12.8. The summed E-state index contributed by atoms with van der Waals surface area (Å²) in [5, 5.41) is 3.13. The van der Waals surface area contributed by atoms with E-state index in [0.717, 1.165) is 17.7 Å². The third kappa shape index (κ3) is 4.32. The van der Waals surface area contributed by atoms with Gasteiger partial charge in [-0.25, -0.2) is 0 Å². The van der Waals surface area contributed by atoms with E-state index in [1.165, 1.54) is 12.8 Å². The molecular weight excluding hydrogens is 310 g/mol. The summed E-state index contributed by atoms with van der Waals surface area (Å²) in [7, 11) is 0. The van der Waals surface area contributed by atoms with E-state index in [-0.39, 0.29) is 5.91 Å². The molecule has 2 nitrogen and oxygen atoms in total. The molecule has 0 bridgehead atoms. The quantitative estimate of drug-likeness (QED) is 0.676. The Morgan fingerprint density at radius 1 is 1.28 bits per heavy atom. The van der Waals surface area contributed by atoms with Crippen LogP contribution in [0.2, 0.25) is 0 Å². The third-order valence-corrected chi connectivity index (χ3v) is 5.25. The molecular formula is C14H18BrNOS. The average molecular weight is 328 g/mol. The van der Waals surface area contributed by atoms with Gasteiger partial charge in [-0.15, -0.1) is 11.8 Å². The Morgan fingerprint density at radius 3 is 2.72 bits per heavy atom. The Labute approximate surface area is 121 Å². The summed E-state index contributed by atoms with van der Waals surface area (Å²) < 4.78 is 0. The van der Waals surface area contributed by atoms with Crippen LogP contribution in [0, 0.1) is 0 Å². The third-order valence-electron chi connectivity index (χ3n) is 3.14. The van der Waals surface area contributed by atoms with E-state index in [4.69, 9.17) is 0 Å². The second kappa shape index (κ2) is 7.19. The highest BCUT2D eigenvalue weighted by molar-refractivity contribution is 9.09. The summed E-state index contributed by atoms with van der Waals surface area (Å²) in [6, 6.07) is 10.4. The Balaban J connectivity index is 1.75. The molecule has 1 aliphatic carbocycles. The van der Waals surface area contributed by atoms with Gasteiger partial charge in [-0.3, -0.25) is 4.79 Å². The summed E-state index contributed by atoms with van der Waals surface area (Å²) in [5.41, 5.74) is 0. The van der Waals surface area contributed by atoms with E-state index in [2.05, 4.69) is 21.2 Å². The fourth-order valence-corrected chi connectivity index (χ4v) is 3.61. The van der Waals surface area contributed by atoms with E-state index >= 15 is 0 Å². The highest BCUT2D eigenvalue weighted by atomic mass is 79.9. The summed E-state index contributed by atoms with van der Waals surface area (Å²) in [6.45, 7) is 0. The van der Waals surface area contributed by atoms with Gasteiger partial charge in [0.1, 0.15) is 0 Å². The van der Waals surface area contributed by atoms with Gasteiger partial charge in [0.2, 0.25) is 5.91 Å². The van der Waals surface area contributed by atoms with Crippen molar-refractivity contribution in [3.8, 4) is 0 Å². The lowest BCUT2D eigenvalue weighted by Gasteiger charge is -2.28. The molecule has 1 aromatic rings. The van der Waals surface area contributed by atoms with Gasteiger partial charge in [-0.1, -0.05) is 47.0 Å². The lowest BCUT2D eigenvalue weighted by molar-refractivity contribution is -0.119. The van der Waals surface area contributed by atoms with Crippen LogP contribution in [0.5, 0.6) is 0 Å². The van der Waals surface area contributed by atoms with Gasteiger partial charge in [-0.2, -0.15) is 0 Å². The SMILES string of the molecule is O=C(CSc1ccccc1)NC1CCCCC1Br. The fourth-order valence-electron chi connectivity index (χ4n) is 2.16. The zero-order valence-electron chi connectivity index (χ0n) is 10.3. The number of carbonyl (C=O) groups is 1. The van der Waals surface area contributed by atoms with Gasteiger partial charge in [0.25, 0.3) is 0 Å². The highest BCUT2D eigenvalue weighted by Crippen LogP contribution is 2.24. The molecule has 1 N–H and O–H groups in total. The fraction of sp³-hybridized carbons (Fsp3) is 0.500. The van der Waals surface area contributed by atoms with Crippen LogP contribution in [0.1, 0.15) is 25.7 Å². The van der Waals surface area contributed by atoms with Crippen LogP contribution in [0.4, 0.5) is 0 Å². The maximum Gasteiger partial charge on any atom is 0.230 e. The normalized spacial score (nSPS) is 23.6. The van der Waals surface area contributed by atoms with Crippen LogP contribution in [0.3, 0.4) is 0 Å². The number of thioether (sulfide) groups is 1. The first kappa shape index (κ1) is 13.9. The van der Waals surface area contributed by atoms with Crippen molar-refractivity contribution in [1.82, 2.24) is 5.32 Å². The Morgan fingerprint density at radius 2 is 2.00 bits per heavy atom. The largest absolute Gasteiger partial charge is 0.352 e. The molecule has 2 atom stereocenters. The van der Waals surface area contributed by atoms with Gasteiger partial charge in [0, 0.05) is 15.8 Å². The minimum absolute atomic E-state index is 0.139. The Hall–Kier alpha value is -0.480. The molecule has 1 aliphatic rings. The first-order valence-electron chi connectivity index (χ1n) is 6.37. The van der Waals surface area contributed by atoms with E-state index in [1.54, 1.807) is 11.8 Å². The number of nitrogens with one attached hydrogen (secondary N) is 1. The van der Waals surface area contributed by atoms with Crippen LogP contribution in [0.25, 0.3) is 0 Å². The van der Waals surface area contributed by atoms with Gasteiger partial charge >= 0.3 is 0 Å². The van der Waals surface area contributed by atoms with Crippen molar-refractivity contribution in [1.29, 1.82) is 0 Å². The topological polar surface area (TPSA) is 29.1 Å². The first-order valence-corrected chi connectivity index (χ1v) is 8.27. The van der Waals surface area contributed by atoms with E-state index in [9.17, 15) is 4.79 Å². The molecule has 1 amide bonds. The van der Waals surface area contributed by atoms with Crippen LogP contribution in [0.15, 0.2) is 35.2 Å². The number of hydrogen-bond acceptors (Lipinski definition) is 2. The molecule has 2 rings (SSSR count). The number of alkyl halides is 1. The smallest absolute Gasteiger partial charge is 0.230 e. The second-order valence-corrected chi connectivity index (χ2v) is 6.80. The van der Waals surface area contributed by atoms with Crippen LogP contribution in [-0.2, 0) is 4.79 Å². The first-order chi connectivity index (χ1) is 8.75. The zero-order valence-corrected chi connectivity index (χ0v) is 12.7. The number of rotatable bonds is 4. The summed E-state index contributed by atoms with van der Waals surface area (Å²) in [4.78, 5) is 13.5. The number of amides is 1. The molecule has 0 spiro atoms. The maximum atomic E-state index is 11.9. The molecule has 0 aromatic heterocycles. The molecule has 1 aromatic carbocycles. The summed E-state index contributed by atoms with van der Waals surface area (Å²) in [6.07, 6.45) is 4.74. The minimum atomic E-state index is 0.139. The second-order valence-electron chi connectivity index (χ2n) is 4.58. The number of benzene rings is 1. The van der Waals surface area contributed by atoms with Crippen molar-refractivity contribution < 1.29 is 4.79 Å². The molecule has 2 unspecified atom stereocenters. The lowest BCUT2D eigenvalue weighted by atomic mass is 9.95. The van der Waals surface area contributed by atoms with Crippen LogP contribution < -0.4 is 5.32 Å². The summed E-state index contributed by atoms with van der Waals surface area (Å²) >= 11 is 5.25. The average Bonchev–Trinajstić information content (AvgIpc) is 2.40. The molecule has 0 heterocycles. The number of hydrogen-bond donors (Lipinski definition) is 1.